The van der Waals surface area contributed by atoms with Crippen LogP contribution in [0.5, 0.6) is 0 Å². The minimum atomic E-state index is -0.464. The first-order valence-electron chi connectivity index (χ1n) is 2.77. The maximum atomic E-state index is 12.5. The molecule has 0 spiro atoms. The van der Waals surface area contributed by atoms with Crippen molar-refractivity contribution in [3.8, 4) is 0 Å². The molecule has 4 heteroatoms. The predicted molar refractivity (Wildman–Crippen MR) is 49.8 cm³/mol. The Hall–Kier alpha value is -0.220. The van der Waals surface area contributed by atoms with Gasteiger partial charge in [0.1, 0.15) is 15.0 Å². The zero-order chi connectivity index (χ0) is 8.43. The Balaban J connectivity index is 3.19. The van der Waals surface area contributed by atoms with Crippen LogP contribution in [-0.4, -0.2) is 4.98 Å². The quantitative estimate of drug-likeness (QED) is 0.717. The second-order valence-electron chi connectivity index (χ2n) is 1.91. The number of pyridine rings is 1. The Morgan fingerprint density at radius 3 is 2.18 bits per heavy atom. The maximum Gasteiger partial charge on any atom is 0.123 e. The maximum absolute atomic E-state index is 12.5. The zero-order valence-corrected chi connectivity index (χ0v) is 8.61. The summed E-state index contributed by atoms with van der Waals surface area (Å²) in [4.78, 5) is 3.94. The minimum absolute atomic E-state index is 0.429. The van der Waals surface area contributed by atoms with Gasteiger partial charge in [-0.3, -0.25) is 0 Å². The Labute approximate surface area is 80.6 Å². The number of halogens is 3. The highest BCUT2D eigenvalue weighted by molar-refractivity contribution is 9.11. The summed E-state index contributed by atoms with van der Waals surface area (Å²) in [7, 11) is 0. The third-order valence-corrected chi connectivity index (χ3v) is 1.89. The van der Waals surface area contributed by atoms with Crippen LogP contribution in [0.25, 0.3) is 5.83 Å². The lowest BCUT2D eigenvalue weighted by Crippen LogP contribution is -1.82. The smallest absolute Gasteiger partial charge is 0.123 e. The molecule has 0 aromatic carbocycles. The summed E-state index contributed by atoms with van der Waals surface area (Å²) in [6.45, 7) is 3.17. The van der Waals surface area contributed by atoms with Crippen molar-refractivity contribution < 1.29 is 4.39 Å². The Morgan fingerprint density at radius 2 is 1.82 bits per heavy atom. The summed E-state index contributed by atoms with van der Waals surface area (Å²) >= 11 is 6.26. The zero-order valence-electron chi connectivity index (χ0n) is 5.44. The van der Waals surface area contributed by atoms with Crippen LogP contribution in [0.4, 0.5) is 4.39 Å². The topological polar surface area (TPSA) is 12.9 Å². The van der Waals surface area contributed by atoms with E-state index in [0.717, 1.165) is 0 Å². The molecule has 0 fully saturated rings. The molecular formula is C7H4Br2FN. The molecule has 0 bridgehead atoms. The van der Waals surface area contributed by atoms with Crippen molar-refractivity contribution in [2.45, 2.75) is 0 Å². The summed E-state index contributed by atoms with van der Waals surface area (Å²) in [6.07, 6.45) is 0. The van der Waals surface area contributed by atoms with Gasteiger partial charge >= 0.3 is 0 Å². The summed E-state index contributed by atoms with van der Waals surface area (Å²) in [5.74, 6) is -0.464. The van der Waals surface area contributed by atoms with Crippen molar-refractivity contribution in [1.82, 2.24) is 4.98 Å². The molecule has 1 nitrogen and oxygen atoms in total. The summed E-state index contributed by atoms with van der Waals surface area (Å²) in [6, 6.07) is 3.13. The van der Waals surface area contributed by atoms with Gasteiger partial charge in [0.15, 0.2) is 0 Å². The van der Waals surface area contributed by atoms with E-state index in [-0.39, 0.29) is 0 Å². The van der Waals surface area contributed by atoms with Crippen LogP contribution in [-0.2, 0) is 0 Å². The van der Waals surface area contributed by atoms with Crippen molar-refractivity contribution in [3.63, 3.8) is 0 Å². The van der Waals surface area contributed by atoms with Crippen LogP contribution in [0.3, 0.4) is 0 Å². The van der Waals surface area contributed by atoms with E-state index < -0.39 is 5.83 Å². The third kappa shape index (κ3) is 2.38. The molecule has 0 aliphatic carbocycles. The van der Waals surface area contributed by atoms with Gasteiger partial charge in [0.05, 0.1) is 0 Å². The van der Waals surface area contributed by atoms with E-state index >= 15 is 0 Å². The van der Waals surface area contributed by atoms with Crippen LogP contribution in [0, 0.1) is 0 Å². The standard InChI is InChI=1S/C7H4Br2FN/c1-4(10)5-2-6(8)11-7(9)3-5/h2-3H,1H2. The molecule has 0 saturated heterocycles. The minimum Gasteiger partial charge on any atom is -0.234 e. The van der Waals surface area contributed by atoms with Crippen LogP contribution < -0.4 is 0 Å². The van der Waals surface area contributed by atoms with E-state index in [9.17, 15) is 4.39 Å². The van der Waals surface area contributed by atoms with Gasteiger partial charge in [-0.15, -0.1) is 0 Å². The number of hydrogen-bond donors (Lipinski definition) is 0. The van der Waals surface area contributed by atoms with Gasteiger partial charge in [-0.2, -0.15) is 0 Å². The molecule has 58 valence electrons. The number of hydrogen-bond acceptors (Lipinski definition) is 1. The molecule has 1 heterocycles. The average molecular weight is 281 g/mol. The molecule has 0 unspecified atom stereocenters. The molecule has 0 saturated carbocycles. The number of aromatic nitrogens is 1. The lowest BCUT2D eigenvalue weighted by Gasteiger charge is -1.97. The van der Waals surface area contributed by atoms with Crippen LogP contribution in [0.15, 0.2) is 27.9 Å². The van der Waals surface area contributed by atoms with Gasteiger partial charge in [0.2, 0.25) is 0 Å². The van der Waals surface area contributed by atoms with E-state index in [1.807, 2.05) is 0 Å². The van der Waals surface area contributed by atoms with Crippen LogP contribution in [0.1, 0.15) is 5.56 Å². The molecule has 0 amide bonds. The van der Waals surface area contributed by atoms with Crippen molar-refractivity contribution in [3.05, 3.63) is 33.5 Å². The molecule has 1 aromatic heterocycles. The third-order valence-electron chi connectivity index (χ3n) is 1.08. The first-order valence-corrected chi connectivity index (χ1v) is 4.36. The fourth-order valence-electron chi connectivity index (χ4n) is 0.622. The highest BCUT2D eigenvalue weighted by atomic mass is 79.9. The SMILES string of the molecule is C=C(F)c1cc(Br)nc(Br)c1. The summed E-state index contributed by atoms with van der Waals surface area (Å²) in [5.41, 5.74) is 0.429. The molecule has 0 aliphatic rings. The number of nitrogens with zero attached hydrogens (tertiary/aromatic N) is 1. The highest BCUT2D eigenvalue weighted by Gasteiger charge is 2.00. The monoisotopic (exact) mass is 279 g/mol. The first-order chi connectivity index (χ1) is 5.09. The fraction of sp³-hybridized carbons (Fsp3) is 0. The lowest BCUT2D eigenvalue weighted by atomic mass is 10.2. The molecule has 11 heavy (non-hydrogen) atoms. The highest BCUT2D eigenvalue weighted by Crippen LogP contribution is 2.21. The molecule has 1 rings (SSSR count). The Kier molecular flexibility index (Phi) is 2.78. The normalized spacial score (nSPS) is 9.73. The average Bonchev–Trinajstić information content (AvgIpc) is 1.85. The van der Waals surface area contributed by atoms with Crippen molar-refractivity contribution in [2.24, 2.45) is 0 Å². The second kappa shape index (κ2) is 3.45. The van der Waals surface area contributed by atoms with Crippen LogP contribution >= 0.6 is 31.9 Å². The van der Waals surface area contributed by atoms with Crippen molar-refractivity contribution >= 4 is 37.7 Å². The fourth-order valence-corrected chi connectivity index (χ4v) is 1.73. The van der Waals surface area contributed by atoms with Gasteiger partial charge in [0, 0.05) is 5.56 Å². The number of rotatable bonds is 1. The molecule has 0 atom stereocenters. The van der Waals surface area contributed by atoms with E-state index in [0.29, 0.717) is 14.8 Å². The van der Waals surface area contributed by atoms with E-state index in [2.05, 4.69) is 43.4 Å². The molecule has 0 aliphatic heterocycles. The van der Waals surface area contributed by atoms with E-state index in [1.54, 1.807) is 12.1 Å². The van der Waals surface area contributed by atoms with Gasteiger partial charge in [-0.25, -0.2) is 9.37 Å². The van der Waals surface area contributed by atoms with Gasteiger partial charge in [0.25, 0.3) is 0 Å². The van der Waals surface area contributed by atoms with Gasteiger partial charge in [-0.1, -0.05) is 6.58 Å². The molecular weight excluding hydrogens is 277 g/mol. The lowest BCUT2D eigenvalue weighted by molar-refractivity contribution is 0.762. The van der Waals surface area contributed by atoms with Crippen molar-refractivity contribution in [1.29, 1.82) is 0 Å². The van der Waals surface area contributed by atoms with E-state index in [1.165, 1.54) is 0 Å². The van der Waals surface area contributed by atoms with E-state index in [4.69, 9.17) is 0 Å². The predicted octanol–water partition coefficient (Wildman–Crippen LogP) is 3.55. The summed E-state index contributed by atoms with van der Waals surface area (Å²) < 4.78 is 13.7. The first kappa shape index (κ1) is 8.87. The second-order valence-corrected chi connectivity index (χ2v) is 3.53. The van der Waals surface area contributed by atoms with Crippen LogP contribution in [0.2, 0.25) is 0 Å². The Morgan fingerprint density at radius 1 is 1.36 bits per heavy atom. The van der Waals surface area contributed by atoms with Crippen molar-refractivity contribution in [2.75, 3.05) is 0 Å². The van der Waals surface area contributed by atoms with Gasteiger partial charge < -0.3 is 0 Å². The molecule has 0 radical (unpaired) electrons. The molecule has 1 aromatic rings. The van der Waals surface area contributed by atoms with Gasteiger partial charge in [-0.05, 0) is 44.0 Å². The largest absolute Gasteiger partial charge is 0.234 e. The summed E-state index contributed by atoms with van der Waals surface area (Å²) in [5, 5.41) is 0. The Bertz CT molecular complexity index is 278. The molecule has 0 N–H and O–H groups in total.